The fraction of sp³-hybridized carbons (Fsp3) is 0.455. The molecule has 1 saturated heterocycles. The highest BCUT2D eigenvalue weighted by Crippen LogP contribution is 2.34. The van der Waals surface area contributed by atoms with Gasteiger partial charge in [-0.05, 0) is 55.5 Å². The molecule has 5 nitrogen and oxygen atoms in total. The fourth-order valence-corrected chi connectivity index (χ4v) is 4.60. The van der Waals surface area contributed by atoms with Crippen molar-refractivity contribution in [3.05, 3.63) is 53.2 Å². The molecule has 1 unspecified atom stereocenters. The molecule has 2 heterocycles. The summed E-state index contributed by atoms with van der Waals surface area (Å²) in [5, 5.41) is 3.70. The van der Waals surface area contributed by atoms with Gasteiger partial charge in [-0.25, -0.2) is 9.78 Å². The Kier molecular flexibility index (Phi) is 5.72. The Labute approximate surface area is 171 Å². The van der Waals surface area contributed by atoms with Crippen LogP contribution in [0.1, 0.15) is 44.1 Å². The Morgan fingerprint density at radius 1 is 1.14 bits per heavy atom. The van der Waals surface area contributed by atoms with Crippen LogP contribution >= 0.6 is 11.6 Å². The van der Waals surface area contributed by atoms with Gasteiger partial charge in [0.05, 0.1) is 5.02 Å². The van der Waals surface area contributed by atoms with E-state index in [-0.39, 0.29) is 12.1 Å². The number of benzene rings is 1. The first-order chi connectivity index (χ1) is 13.6. The van der Waals surface area contributed by atoms with Crippen molar-refractivity contribution in [3.8, 4) is 0 Å². The van der Waals surface area contributed by atoms with Crippen molar-refractivity contribution in [3.63, 3.8) is 0 Å². The number of carbonyl (C=O) groups excluding carboxylic acids is 1. The van der Waals surface area contributed by atoms with E-state index < -0.39 is 0 Å². The van der Waals surface area contributed by atoms with Gasteiger partial charge in [-0.15, -0.1) is 0 Å². The Morgan fingerprint density at radius 3 is 2.57 bits per heavy atom. The van der Waals surface area contributed by atoms with Crippen LogP contribution in [-0.4, -0.2) is 41.6 Å². The second kappa shape index (κ2) is 8.39. The SMILES string of the molecule is CC1CN(c2ncccc2Cl)CCN1C(=O)Nc1ccc(C2CCCC2)cc1. The Bertz CT molecular complexity index is 820. The van der Waals surface area contributed by atoms with Crippen molar-refractivity contribution in [2.45, 2.75) is 44.6 Å². The first kappa shape index (κ1) is 19.1. The summed E-state index contributed by atoms with van der Waals surface area (Å²) in [7, 11) is 0. The normalized spacial score (nSPS) is 20.4. The number of anilines is 2. The van der Waals surface area contributed by atoms with E-state index in [0.717, 1.165) is 18.1 Å². The van der Waals surface area contributed by atoms with Gasteiger partial charge in [-0.1, -0.05) is 36.6 Å². The summed E-state index contributed by atoms with van der Waals surface area (Å²) >= 11 is 6.27. The van der Waals surface area contributed by atoms with Crippen LogP contribution in [0.15, 0.2) is 42.6 Å². The standard InChI is InChI=1S/C22H27ClN4O/c1-16-15-26(21-20(23)7-4-12-24-21)13-14-27(16)22(28)25-19-10-8-18(9-11-19)17-5-2-3-6-17/h4,7-12,16-17H,2-3,5-6,13-15H2,1H3,(H,25,28). The predicted octanol–water partition coefficient (Wildman–Crippen LogP) is 5.14. The van der Waals surface area contributed by atoms with Crippen LogP contribution in [-0.2, 0) is 0 Å². The minimum Gasteiger partial charge on any atom is -0.352 e. The molecule has 1 aliphatic carbocycles. The third-order valence-electron chi connectivity index (χ3n) is 5.92. The van der Waals surface area contributed by atoms with Crippen molar-refractivity contribution in [2.24, 2.45) is 0 Å². The number of pyridine rings is 1. The van der Waals surface area contributed by atoms with E-state index in [1.807, 2.05) is 29.2 Å². The molecule has 1 aromatic carbocycles. The van der Waals surface area contributed by atoms with Gasteiger partial charge in [0.1, 0.15) is 5.82 Å². The number of halogens is 1. The molecule has 1 N–H and O–H groups in total. The number of aromatic nitrogens is 1. The van der Waals surface area contributed by atoms with Gasteiger partial charge >= 0.3 is 6.03 Å². The van der Waals surface area contributed by atoms with Crippen molar-refractivity contribution >= 4 is 29.1 Å². The first-order valence-electron chi connectivity index (χ1n) is 10.1. The summed E-state index contributed by atoms with van der Waals surface area (Å²) in [5.74, 6) is 1.48. The number of rotatable bonds is 3. The molecule has 0 spiro atoms. The number of amides is 2. The molecule has 2 amide bonds. The number of nitrogens with one attached hydrogen (secondary N) is 1. The van der Waals surface area contributed by atoms with Crippen LogP contribution in [0.25, 0.3) is 0 Å². The molecule has 1 aromatic heterocycles. The van der Waals surface area contributed by atoms with Gasteiger partial charge in [-0.2, -0.15) is 0 Å². The van der Waals surface area contributed by atoms with Crippen LogP contribution in [0.4, 0.5) is 16.3 Å². The summed E-state index contributed by atoms with van der Waals surface area (Å²) in [6, 6.07) is 12.1. The van der Waals surface area contributed by atoms with Crippen LogP contribution in [0.5, 0.6) is 0 Å². The highest BCUT2D eigenvalue weighted by atomic mass is 35.5. The summed E-state index contributed by atoms with van der Waals surface area (Å²) in [5.41, 5.74) is 2.25. The zero-order valence-corrected chi connectivity index (χ0v) is 17.0. The summed E-state index contributed by atoms with van der Waals surface area (Å²) in [6.07, 6.45) is 6.98. The molecule has 28 heavy (non-hydrogen) atoms. The van der Waals surface area contributed by atoms with E-state index in [9.17, 15) is 4.79 Å². The maximum absolute atomic E-state index is 12.8. The molecule has 2 aliphatic rings. The van der Waals surface area contributed by atoms with Crippen molar-refractivity contribution < 1.29 is 4.79 Å². The number of nitrogens with zero attached hydrogens (tertiary/aromatic N) is 3. The highest BCUT2D eigenvalue weighted by molar-refractivity contribution is 6.32. The van der Waals surface area contributed by atoms with Gasteiger partial charge in [0.15, 0.2) is 0 Å². The quantitative estimate of drug-likeness (QED) is 0.779. The fourth-order valence-electron chi connectivity index (χ4n) is 4.35. The third kappa shape index (κ3) is 4.09. The molecule has 2 fully saturated rings. The summed E-state index contributed by atoms with van der Waals surface area (Å²) in [6.45, 7) is 4.13. The zero-order valence-electron chi connectivity index (χ0n) is 16.3. The Balaban J connectivity index is 1.36. The second-order valence-corrected chi connectivity index (χ2v) is 8.24. The van der Waals surface area contributed by atoms with Crippen LogP contribution in [0.2, 0.25) is 5.02 Å². The van der Waals surface area contributed by atoms with E-state index in [1.54, 1.807) is 6.20 Å². The second-order valence-electron chi connectivity index (χ2n) is 7.83. The lowest BCUT2D eigenvalue weighted by atomic mass is 9.98. The minimum atomic E-state index is -0.0483. The number of hydrogen-bond acceptors (Lipinski definition) is 3. The largest absolute Gasteiger partial charge is 0.352 e. The Hall–Kier alpha value is -2.27. The molecular weight excluding hydrogens is 372 g/mol. The molecular formula is C22H27ClN4O. The maximum Gasteiger partial charge on any atom is 0.322 e. The van der Waals surface area contributed by atoms with E-state index in [0.29, 0.717) is 24.0 Å². The van der Waals surface area contributed by atoms with Gasteiger partial charge in [0.25, 0.3) is 0 Å². The first-order valence-corrected chi connectivity index (χ1v) is 10.5. The third-order valence-corrected chi connectivity index (χ3v) is 6.21. The lowest BCUT2D eigenvalue weighted by Crippen LogP contribution is -2.55. The molecule has 4 rings (SSSR count). The average Bonchev–Trinajstić information content (AvgIpc) is 3.23. The van der Waals surface area contributed by atoms with Crippen LogP contribution in [0.3, 0.4) is 0 Å². The molecule has 148 valence electrons. The molecule has 0 bridgehead atoms. The van der Waals surface area contributed by atoms with E-state index in [2.05, 4.69) is 34.3 Å². The Morgan fingerprint density at radius 2 is 1.89 bits per heavy atom. The van der Waals surface area contributed by atoms with E-state index >= 15 is 0 Å². The highest BCUT2D eigenvalue weighted by Gasteiger charge is 2.29. The molecule has 6 heteroatoms. The zero-order chi connectivity index (χ0) is 19.5. The predicted molar refractivity (Wildman–Crippen MR) is 114 cm³/mol. The van der Waals surface area contributed by atoms with Crippen LogP contribution in [0, 0.1) is 0 Å². The topological polar surface area (TPSA) is 48.5 Å². The van der Waals surface area contributed by atoms with Gasteiger partial charge in [0, 0.05) is 37.6 Å². The van der Waals surface area contributed by atoms with Crippen molar-refractivity contribution in [1.82, 2.24) is 9.88 Å². The number of piperazine rings is 1. The lowest BCUT2D eigenvalue weighted by Gasteiger charge is -2.40. The lowest BCUT2D eigenvalue weighted by molar-refractivity contribution is 0.184. The maximum atomic E-state index is 12.8. The summed E-state index contributed by atoms with van der Waals surface area (Å²) in [4.78, 5) is 21.2. The van der Waals surface area contributed by atoms with Gasteiger partial charge in [0.2, 0.25) is 0 Å². The molecule has 1 atom stereocenters. The molecule has 2 aromatic rings. The summed E-state index contributed by atoms with van der Waals surface area (Å²) < 4.78 is 0. The monoisotopic (exact) mass is 398 g/mol. The van der Waals surface area contributed by atoms with Crippen LogP contribution < -0.4 is 10.2 Å². The number of urea groups is 1. The smallest absolute Gasteiger partial charge is 0.322 e. The van der Waals surface area contributed by atoms with Crippen molar-refractivity contribution in [2.75, 3.05) is 29.9 Å². The molecule has 1 aliphatic heterocycles. The average molecular weight is 399 g/mol. The van der Waals surface area contributed by atoms with E-state index in [1.165, 1.54) is 31.2 Å². The number of hydrogen-bond donors (Lipinski definition) is 1. The molecule has 1 saturated carbocycles. The van der Waals surface area contributed by atoms with Gasteiger partial charge < -0.3 is 15.1 Å². The van der Waals surface area contributed by atoms with E-state index in [4.69, 9.17) is 11.6 Å². The minimum absolute atomic E-state index is 0.0483. The van der Waals surface area contributed by atoms with Crippen molar-refractivity contribution in [1.29, 1.82) is 0 Å². The van der Waals surface area contributed by atoms with Gasteiger partial charge in [-0.3, -0.25) is 0 Å². The molecule has 0 radical (unpaired) electrons. The number of carbonyl (C=O) groups is 1.